The molecule has 0 aliphatic carbocycles. The van der Waals surface area contributed by atoms with Gasteiger partial charge in [-0.15, -0.1) is 0 Å². The van der Waals surface area contributed by atoms with E-state index in [1.165, 1.54) is 19.1 Å². The van der Waals surface area contributed by atoms with Crippen molar-refractivity contribution in [2.75, 3.05) is 25.9 Å². The largest absolute Gasteiger partial charge is 0.507 e. The van der Waals surface area contributed by atoms with Crippen LogP contribution in [0.15, 0.2) is 66.5 Å². The number of carbonyl (C=O) groups excluding carboxylic acids is 2. The van der Waals surface area contributed by atoms with Gasteiger partial charge in [-0.05, 0) is 42.0 Å². The van der Waals surface area contributed by atoms with Crippen molar-refractivity contribution in [3.8, 4) is 23.0 Å². The van der Waals surface area contributed by atoms with Crippen LogP contribution in [0, 0.1) is 0 Å². The second-order valence-corrected chi connectivity index (χ2v) is 7.55. The summed E-state index contributed by atoms with van der Waals surface area (Å²) >= 11 is 0. The first-order chi connectivity index (χ1) is 16.5. The molecule has 9 nitrogen and oxygen atoms in total. The second kappa shape index (κ2) is 8.43. The van der Waals surface area contributed by atoms with Gasteiger partial charge in [0.1, 0.15) is 17.3 Å². The smallest absolute Gasteiger partial charge is 0.300 e. The summed E-state index contributed by atoms with van der Waals surface area (Å²) in [6.07, 6.45) is 3.12. The highest BCUT2D eigenvalue weighted by atomic mass is 16.7. The molecule has 3 heterocycles. The molecular formula is C25H20N2O7. The molecule has 0 spiro atoms. The Bertz CT molecular complexity index is 1320. The topological polar surface area (TPSA) is 107 Å². The summed E-state index contributed by atoms with van der Waals surface area (Å²) in [5.41, 5.74) is 1.21. The number of aliphatic hydroxyl groups excluding tert-OH is 1. The first-order valence-electron chi connectivity index (χ1n) is 10.4. The van der Waals surface area contributed by atoms with Crippen molar-refractivity contribution in [1.82, 2.24) is 4.98 Å². The lowest BCUT2D eigenvalue weighted by Gasteiger charge is -2.25. The lowest BCUT2D eigenvalue weighted by molar-refractivity contribution is -0.132. The number of hydrogen-bond acceptors (Lipinski definition) is 8. The molecule has 1 fully saturated rings. The van der Waals surface area contributed by atoms with Gasteiger partial charge in [0.25, 0.3) is 11.7 Å². The number of fused-ring (bicyclic) bond motifs is 1. The van der Waals surface area contributed by atoms with Crippen LogP contribution in [0.1, 0.15) is 17.2 Å². The molecule has 1 atom stereocenters. The van der Waals surface area contributed by atoms with E-state index in [0.29, 0.717) is 34.2 Å². The Morgan fingerprint density at radius 2 is 1.76 bits per heavy atom. The molecule has 1 aromatic heterocycles. The van der Waals surface area contributed by atoms with Crippen molar-refractivity contribution >= 4 is 23.1 Å². The molecule has 1 amide bonds. The van der Waals surface area contributed by atoms with Crippen LogP contribution in [-0.4, -0.2) is 42.8 Å². The number of Topliss-reactive ketones (excluding diaryl/α,β-unsaturated/α-hetero) is 1. The van der Waals surface area contributed by atoms with Gasteiger partial charge in [-0.2, -0.15) is 0 Å². The molecule has 9 heteroatoms. The standard InChI is InChI=1S/C25H20N2O7/c1-31-16-4-5-17(19(12-16)32-2)23(28)21-22(14-7-9-26-10-8-14)27(25(30)24(21)29)15-3-6-18-20(11-15)34-13-33-18/h3-12,22,28H,13H2,1-2H3/b23-21+. The van der Waals surface area contributed by atoms with Crippen LogP contribution >= 0.6 is 0 Å². The Morgan fingerprint density at radius 3 is 2.50 bits per heavy atom. The number of aromatic nitrogens is 1. The summed E-state index contributed by atoms with van der Waals surface area (Å²) in [6.45, 7) is 0.0721. The van der Waals surface area contributed by atoms with Crippen LogP contribution < -0.4 is 23.8 Å². The maximum Gasteiger partial charge on any atom is 0.300 e. The molecule has 2 aromatic carbocycles. The van der Waals surface area contributed by atoms with Gasteiger partial charge in [-0.1, -0.05) is 0 Å². The highest BCUT2D eigenvalue weighted by Crippen LogP contribution is 2.45. The fourth-order valence-electron chi connectivity index (χ4n) is 4.13. The van der Waals surface area contributed by atoms with E-state index in [0.717, 1.165) is 0 Å². The molecule has 3 aromatic rings. The Hall–Kier alpha value is -4.53. The average Bonchev–Trinajstić information content (AvgIpc) is 3.45. The Balaban J connectivity index is 1.71. The minimum atomic E-state index is -0.907. The fraction of sp³-hybridized carbons (Fsp3) is 0.160. The summed E-state index contributed by atoms with van der Waals surface area (Å²) in [6, 6.07) is 12.2. The van der Waals surface area contributed by atoms with E-state index in [1.54, 1.807) is 60.9 Å². The van der Waals surface area contributed by atoms with E-state index in [4.69, 9.17) is 18.9 Å². The molecule has 5 rings (SSSR count). The number of amides is 1. The molecule has 0 bridgehead atoms. The highest BCUT2D eigenvalue weighted by Gasteiger charge is 2.47. The van der Waals surface area contributed by atoms with Gasteiger partial charge in [0.15, 0.2) is 11.5 Å². The van der Waals surface area contributed by atoms with Crippen molar-refractivity contribution in [3.63, 3.8) is 0 Å². The van der Waals surface area contributed by atoms with Gasteiger partial charge in [0.2, 0.25) is 6.79 Å². The number of nitrogens with zero attached hydrogens (tertiary/aromatic N) is 2. The number of aliphatic hydroxyl groups is 1. The summed E-state index contributed by atoms with van der Waals surface area (Å²) < 4.78 is 21.4. The maximum absolute atomic E-state index is 13.3. The normalized spacial score (nSPS) is 18.3. The molecule has 2 aliphatic rings. The number of rotatable bonds is 5. The molecule has 1 unspecified atom stereocenters. The zero-order valence-electron chi connectivity index (χ0n) is 18.3. The van der Waals surface area contributed by atoms with Gasteiger partial charge < -0.3 is 24.1 Å². The Kier molecular flexibility index (Phi) is 5.29. The van der Waals surface area contributed by atoms with Crippen molar-refractivity contribution in [3.05, 3.63) is 77.6 Å². The molecule has 0 saturated carbocycles. The number of pyridine rings is 1. The first-order valence-corrected chi connectivity index (χ1v) is 10.4. The SMILES string of the molecule is COc1ccc(/C(O)=C2\C(=O)C(=O)N(c3ccc4c(c3)OCO4)C2c2ccncc2)c(OC)c1. The minimum absolute atomic E-state index is 0.0719. The molecule has 2 aliphatic heterocycles. The van der Waals surface area contributed by atoms with Crippen LogP contribution in [0.5, 0.6) is 23.0 Å². The number of carbonyl (C=O) groups is 2. The minimum Gasteiger partial charge on any atom is -0.507 e. The lowest BCUT2D eigenvalue weighted by Crippen LogP contribution is -2.29. The lowest BCUT2D eigenvalue weighted by atomic mass is 9.95. The average molecular weight is 460 g/mol. The van der Waals surface area contributed by atoms with Crippen molar-refractivity contribution in [2.24, 2.45) is 0 Å². The molecule has 1 saturated heterocycles. The van der Waals surface area contributed by atoms with Crippen LogP contribution in [0.4, 0.5) is 5.69 Å². The first kappa shape index (κ1) is 21.3. The summed E-state index contributed by atoms with van der Waals surface area (Å²) in [5, 5.41) is 11.3. The number of hydrogen-bond donors (Lipinski definition) is 1. The van der Waals surface area contributed by atoms with Crippen LogP contribution in [-0.2, 0) is 9.59 Å². The third-order valence-electron chi connectivity index (χ3n) is 5.76. The van der Waals surface area contributed by atoms with Crippen molar-refractivity contribution in [2.45, 2.75) is 6.04 Å². The Labute approximate surface area is 194 Å². The monoisotopic (exact) mass is 460 g/mol. The van der Waals surface area contributed by atoms with Gasteiger partial charge in [-0.25, -0.2) is 0 Å². The van der Waals surface area contributed by atoms with Crippen LogP contribution in [0.2, 0.25) is 0 Å². The number of ketones is 1. The number of methoxy groups -OCH3 is 2. The molecule has 172 valence electrons. The van der Waals surface area contributed by atoms with Crippen LogP contribution in [0.3, 0.4) is 0 Å². The zero-order valence-corrected chi connectivity index (χ0v) is 18.3. The predicted molar refractivity (Wildman–Crippen MR) is 121 cm³/mol. The van der Waals surface area contributed by atoms with E-state index in [2.05, 4.69) is 4.98 Å². The number of benzene rings is 2. The third-order valence-corrected chi connectivity index (χ3v) is 5.76. The van der Waals surface area contributed by atoms with Crippen molar-refractivity contribution < 1.29 is 33.6 Å². The van der Waals surface area contributed by atoms with Crippen molar-refractivity contribution in [1.29, 1.82) is 0 Å². The van der Waals surface area contributed by atoms with Crippen LogP contribution in [0.25, 0.3) is 5.76 Å². The van der Waals surface area contributed by atoms with E-state index in [-0.39, 0.29) is 23.7 Å². The van der Waals surface area contributed by atoms with E-state index in [9.17, 15) is 14.7 Å². The second-order valence-electron chi connectivity index (χ2n) is 7.55. The maximum atomic E-state index is 13.3. The van der Waals surface area contributed by atoms with Gasteiger partial charge in [-0.3, -0.25) is 19.5 Å². The summed E-state index contributed by atoms with van der Waals surface area (Å²) in [5.74, 6) is -0.152. The molecule has 1 N–H and O–H groups in total. The fourth-order valence-corrected chi connectivity index (χ4v) is 4.13. The molecule has 0 radical (unpaired) electrons. The summed E-state index contributed by atoms with van der Waals surface area (Å²) in [4.78, 5) is 32.0. The Morgan fingerprint density at radius 1 is 1.00 bits per heavy atom. The highest BCUT2D eigenvalue weighted by molar-refractivity contribution is 6.51. The molecular weight excluding hydrogens is 440 g/mol. The van der Waals surface area contributed by atoms with E-state index in [1.807, 2.05) is 0 Å². The summed E-state index contributed by atoms with van der Waals surface area (Å²) in [7, 11) is 2.95. The zero-order chi connectivity index (χ0) is 23.8. The van der Waals surface area contributed by atoms with Gasteiger partial charge >= 0.3 is 0 Å². The van der Waals surface area contributed by atoms with Gasteiger partial charge in [0.05, 0.1) is 31.4 Å². The van der Waals surface area contributed by atoms with Gasteiger partial charge in [0, 0.05) is 30.2 Å². The number of anilines is 1. The van der Waals surface area contributed by atoms with E-state index >= 15 is 0 Å². The predicted octanol–water partition coefficient (Wildman–Crippen LogP) is 3.45. The van der Waals surface area contributed by atoms with E-state index < -0.39 is 17.7 Å². The third kappa shape index (κ3) is 3.38. The number of ether oxygens (including phenoxy) is 4. The quantitative estimate of drug-likeness (QED) is 0.351. The molecule has 34 heavy (non-hydrogen) atoms.